The zero-order valence-corrected chi connectivity index (χ0v) is 13.5. The van der Waals surface area contributed by atoms with Crippen LogP contribution in [0.1, 0.15) is 12.5 Å². The van der Waals surface area contributed by atoms with E-state index >= 15 is 0 Å². The van der Waals surface area contributed by atoms with Crippen LogP contribution >= 0.6 is 11.8 Å². The molecule has 2 aromatic carbocycles. The molecule has 0 fully saturated rings. The SMILES string of the molecule is CC1=Cc2cccc([N+](=O)[O-])c2OC12Sc1ccccc1N2C. The third-order valence-corrected chi connectivity index (χ3v) is 5.77. The fourth-order valence-corrected chi connectivity index (χ4v) is 4.42. The Bertz CT molecular complexity index is 865. The van der Waals surface area contributed by atoms with E-state index in [1.807, 2.05) is 55.3 Å². The largest absolute Gasteiger partial charge is 0.446 e. The number of ether oxygens (including phenoxy) is 1. The van der Waals surface area contributed by atoms with Crippen LogP contribution in [0.2, 0.25) is 0 Å². The lowest BCUT2D eigenvalue weighted by atomic mass is 10.0. The number of hydrogen-bond donors (Lipinski definition) is 0. The van der Waals surface area contributed by atoms with Crippen molar-refractivity contribution in [3.63, 3.8) is 0 Å². The average molecular weight is 326 g/mol. The van der Waals surface area contributed by atoms with Gasteiger partial charge in [-0.1, -0.05) is 24.3 Å². The monoisotopic (exact) mass is 326 g/mol. The average Bonchev–Trinajstić information content (AvgIpc) is 2.82. The van der Waals surface area contributed by atoms with E-state index in [0.29, 0.717) is 5.75 Å². The molecule has 0 N–H and O–H groups in total. The Morgan fingerprint density at radius 2 is 2.00 bits per heavy atom. The maximum absolute atomic E-state index is 11.3. The van der Waals surface area contributed by atoms with Crippen molar-refractivity contribution in [1.29, 1.82) is 0 Å². The number of thioether (sulfide) groups is 1. The van der Waals surface area contributed by atoms with Crippen molar-refractivity contribution in [2.75, 3.05) is 11.9 Å². The van der Waals surface area contributed by atoms with Crippen LogP contribution in [0.5, 0.6) is 5.75 Å². The summed E-state index contributed by atoms with van der Waals surface area (Å²) in [6.45, 7) is 2.00. The molecule has 0 radical (unpaired) electrons. The van der Waals surface area contributed by atoms with E-state index in [2.05, 4.69) is 0 Å². The summed E-state index contributed by atoms with van der Waals surface area (Å²) in [5.74, 6) is 0.329. The van der Waals surface area contributed by atoms with Crippen molar-refractivity contribution in [2.45, 2.75) is 16.9 Å². The topological polar surface area (TPSA) is 55.6 Å². The van der Waals surface area contributed by atoms with E-state index in [1.165, 1.54) is 6.07 Å². The number of rotatable bonds is 1. The van der Waals surface area contributed by atoms with Crippen LogP contribution in [0.15, 0.2) is 52.9 Å². The Morgan fingerprint density at radius 1 is 1.22 bits per heavy atom. The highest BCUT2D eigenvalue weighted by Gasteiger charge is 2.49. The number of hydrogen-bond acceptors (Lipinski definition) is 5. The summed E-state index contributed by atoms with van der Waals surface area (Å²) in [7, 11) is 1.95. The summed E-state index contributed by atoms with van der Waals surface area (Å²) < 4.78 is 6.26. The third kappa shape index (κ3) is 1.88. The van der Waals surface area contributed by atoms with E-state index in [4.69, 9.17) is 4.74 Å². The van der Waals surface area contributed by atoms with Gasteiger partial charge in [0, 0.05) is 29.1 Å². The third-order valence-electron chi connectivity index (χ3n) is 4.25. The van der Waals surface area contributed by atoms with Crippen LogP contribution < -0.4 is 9.64 Å². The Kier molecular flexibility index (Phi) is 2.93. The molecule has 2 aliphatic heterocycles. The molecular formula is C17H14N2O3S. The summed E-state index contributed by atoms with van der Waals surface area (Å²) in [5, 5.41) is 10.6. The molecule has 1 spiro atoms. The van der Waals surface area contributed by atoms with Gasteiger partial charge in [0.15, 0.2) is 0 Å². The molecule has 0 aliphatic carbocycles. The Hall–Kier alpha value is -2.47. The first-order chi connectivity index (χ1) is 11.0. The van der Waals surface area contributed by atoms with Gasteiger partial charge in [-0.2, -0.15) is 0 Å². The smallest absolute Gasteiger partial charge is 0.311 e. The van der Waals surface area contributed by atoms with Gasteiger partial charge in [-0.25, -0.2) is 0 Å². The van der Waals surface area contributed by atoms with Gasteiger partial charge < -0.3 is 9.64 Å². The van der Waals surface area contributed by atoms with Gasteiger partial charge >= 0.3 is 5.69 Å². The summed E-state index contributed by atoms with van der Waals surface area (Å²) in [6.07, 6.45) is 1.97. The summed E-state index contributed by atoms with van der Waals surface area (Å²) in [4.78, 5) is 14.1. The van der Waals surface area contributed by atoms with Gasteiger partial charge in [0.2, 0.25) is 5.75 Å². The minimum Gasteiger partial charge on any atom is -0.446 e. The molecule has 0 amide bonds. The van der Waals surface area contributed by atoms with Crippen molar-refractivity contribution in [3.05, 3.63) is 63.7 Å². The van der Waals surface area contributed by atoms with Crippen molar-refractivity contribution in [3.8, 4) is 5.75 Å². The van der Waals surface area contributed by atoms with E-state index in [-0.39, 0.29) is 5.69 Å². The summed E-state index contributed by atoms with van der Waals surface area (Å²) in [5.41, 5.74) is 2.81. The molecule has 2 heterocycles. The number of nitrogens with zero attached hydrogens (tertiary/aromatic N) is 2. The van der Waals surface area contributed by atoms with Gasteiger partial charge in [0.1, 0.15) is 0 Å². The zero-order valence-electron chi connectivity index (χ0n) is 12.6. The van der Waals surface area contributed by atoms with E-state index in [1.54, 1.807) is 17.8 Å². The summed E-state index contributed by atoms with van der Waals surface area (Å²) in [6, 6.07) is 13.0. The number of nitro groups is 1. The fourth-order valence-electron chi connectivity index (χ4n) is 3.09. The second-order valence-electron chi connectivity index (χ2n) is 5.59. The highest BCUT2D eigenvalue weighted by atomic mass is 32.2. The molecule has 0 saturated carbocycles. The van der Waals surface area contributed by atoms with Crippen LogP contribution in [0, 0.1) is 10.1 Å². The molecule has 0 bridgehead atoms. The standard InChI is InChI=1S/C17H14N2O3S/c1-11-10-12-6-5-8-14(19(20)21)16(12)22-17(11)18(2)13-7-3-4-9-15(13)23-17/h3-10H,1-2H3. The molecule has 116 valence electrons. The van der Waals surface area contributed by atoms with E-state index < -0.39 is 9.98 Å². The lowest BCUT2D eigenvalue weighted by Gasteiger charge is -2.39. The number of nitro benzene ring substituents is 1. The highest BCUT2D eigenvalue weighted by molar-refractivity contribution is 8.01. The Morgan fingerprint density at radius 3 is 2.74 bits per heavy atom. The van der Waals surface area contributed by atoms with Crippen LogP contribution in [0.4, 0.5) is 11.4 Å². The number of benzene rings is 2. The Balaban J connectivity index is 1.88. The van der Waals surface area contributed by atoms with Crippen LogP contribution in [-0.2, 0) is 0 Å². The lowest BCUT2D eigenvalue weighted by molar-refractivity contribution is -0.386. The maximum Gasteiger partial charge on any atom is 0.311 e. The quantitative estimate of drug-likeness (QED) is 0.578. The Labute approximate surface area is 137 Å². The maximum atomic E-state index is 11.3. The minimum absolute atomic E-state index is 0.00409. The molecule has 0 aromatic heterocycles. The normalized spacial score (nSPS) is 21.5. The first-order valence-electron chi connectivity index (χ1n) is 7.20. The molecule has 6 heteroatoms. The first kappa shape index (κ1) is 14.1. The molecule has 2 aromatic rings. The first-order valence-corrected chi connectivity index (χ1v) is 8.01. The molecule has 23 heavy (non-hydrogen) atoms. The van der Waals surface area contributed by atoms with E-state index in [9.17, 15) is 10.1 Å². The number of anilines is 1. The second-order valence-corrected chi connectivity index (χ2v) is 6.79. The predicted molar refractivity (Wildman–Crippen MR) is 90.8 cm³/mol. The van der Waals surface area contributed by atoms with Gasteiger partial charge in [-0.15, -0.1) is 0 Å². The summed E-state index contributed by atoms with van der Waals surface area (Å²) >= 11 is 1.57. The van der Waals surface area contributed by atoms with Gasteiger partial charge in [0.25, 0.3) is 5.06 Å². The lowest BCUT2D eigenvalue weighted by Crippen LogP contribution is -2.48. The molecular weight excluding hydrogens is 312 g/mol. The van der Waals surface area contributed by atoms with Crippen molar-refractivity contribution < 1.29 is 9.66 Å². The number of para-hydroxylation sites is 2. The molecule has 4 rings (SSSR count). The van der Waals surface area contributed by atoms with Crippen LogP contribution in [0.3, 0.4) is 0 Å². The molecule has 5 nitrogen and oxygen atoms in total. The fraction of sp³-hybridized carbons (Fsp3) is 0.176. The van der Waals surface area contributed by atoms with Crippen molar-refractivity contribution in [2.24, 2.45) is 0 Å². The zero-order chi connectivity index (χ0) is 16.2. The molecule has 2 aliphatic rings. The minimum atomic E-state index is -0.775. The van der Waals surface area contributed by atoms with Crippen molar-refractivity contribution in [1.82, 2.24) is 0 Å². The molecule has 1 unspecified atom stereocenters. The van der Waals surface area contributed by atoms with Gasteiger partial charge in [-0.3, -0.25) is 10.1 Å². The van der Waals surface area contributed by atoms with Crippen LogP contribution in [0.25, 0.3) is 6.08 Å². The molecule has 1 atom stereocenters. The number of likely N-dealkylation sites (N-methyl/N-ethyl adjacent to an activating group) is 1. The van der Waals surface area contributed by atoms with Gasteiger partial charge in [-0.05, 0) is 36.9 Å². The van der Waals surface area contributed by atoms with Gasteiger partial charge in [0.05, 0.1) is 10.6 Å². The highest BCUT2D eigenvalue weighted by Crippen LogP contribution is 2.56. The predicted octanol–water partition coefficient (Wildman–Crippen LogP) is 4.29. The second kappa shape index (κ2) is 4.76. The van der Waals surface area contributed by atoms with Crippen molar-refractivity contribution >= 4 is 29.2 Å². The molecule has 0 saturated heterocycles. The van der Waals surface area contributed by atoms with Crippen LogP contribution in [-0.4, -0.2) is 17.0 Å². The number of fused-ring (bicyclic) bond motifs is 2. The van der Waals surface area contributed by atoms with E-state index in [0.717, 1.165) is 21.7 Å².